The number of rotatable bonds is 6. The third-order valence-corrected chi connectivity index (χ3v) is 3.75. The van der Waals surface area contributed by atoms with E-state index in [0.29, 0.717) is 6.04 Å². The van der Waals surface area contributed by atoms with Gasteiger partial charge in [-0.2, -0.15) is 0 Å². The fourth-order valence-electron chi connectivity index (χ4n) is 2.59. The van der Waals surface area contributed by atoms with Crippen LogP contribution in [-0.2, 0) is 0 Å². The Kier molecular flexibility index (Phi) is 6.37. The highest BCUT2D eigenvalue weighted by molar-refractivity contribution is 4.72. The first-order valence-electron chi connectivity index (χ1n) is 7.00. The summed E-state index contributed by atoms with van der Waals surface area (Å²) in [5.41, 5.74) is 0. The van der Waals surface area contributed by atoms with E-state index < -0.39 is 0 Å². The minimum Gasteiger partial charge on any atom is -0.313 e. The Morgan fingerprint density at radius 2 is 1.81 bits per heavy atom. The maximum Gasteiger partial charge on any atom is 0.0104 e. The van der Waals surface area contributed by atoms with Crippen LogP contribution in [0.15, 0.2) is 0 Å². The van der Waals surface area contributed by atoms with Crippen molar-refractivity contribution < 1.29 is 0 Å². The van der Waals surface area contributed by atoms with Crippen LogP contribution in [0.2, 0.25) is 0 Å². The third-order valence-electron chi connectivity index (χ3n) is 3.75. The van der Waals surface area contributed by atoms with Gasteiger partial charge in [-0.3, -0.25) is 0 Å². The number of hydrogen-bond acceptors (Lipinski definition) is 2. The zero-order valence-corrected chi connectivity index (χ0v) is 11.6. The fraction of sp³-hybridized carbons (Fsp3) is 1.00. The molecule has 0 bridgehead atoms. The molecule has 0 saturated heterocycles. The van der Waals surface area contributed by atoms with Gasteiger partial charge in [0, 0.05) is 25.7 Å². The Morgan fingerprint density at radius 3 is 2.38 bits per heavy atom. The predicted molar refractivity (Wildman–Crippen MR) is 71.8 cm³/mol. The molecule has 0 amide bonds. The molecule has 1 N–H and O–H groups in total. The lowest BCUT2D eigenvalue weighted by Gasteiger charge is -2.30. The average molecular weight is 226 g/mol. The lowest BCUT2D eigenvalue weighted by Crippen LogP contribution is -2.35. The van der Waals surface area contributed by atoms with E-state index in [1.165, 1.54) is 38.8 Å². The van der Waals surface area contributed by atoms with Gasteiger partial charge in [0.1, 0.15) is 0 Å². The predicted octanol–water partition coefficient (Wildman–Crippen LogP) is 2.74. The molecule has 0 spiro atoms. The van der Waals surface area contributed by atoms with Crippen LogP contribution in [0.3, 0.4) is 0 Å². The minimum atomic E-state index is 0.615. The van der Waals surface area contributed by atoms with Crippen molar-refractivity contribution in [1.29, 1.82) is 0 Å². The van der Waals surface area contributed by atoms with Crippen molar-refractivity contribution in [2.45, 2.75) is 52.5 Å². The second-order valence-corrected chi connectivity index (χ2v) is 6.00. The van der Waals surface area contributed by atoms with E-state index >= 15 is 0 Å². The SMILES string of the molecule is CC1CCC(CN(C)CCNC(C)C)CC1. The van der Waals surface area contributed by atoms with Crippen LogP contribution in [0, 0.1) is 11.8 Å². The highest BCUT2D eigenvalue weighted by atomic mass is 15.1. The van der Waals surface area contributed by atoms with Crippen LogP contribution in [0.4, 0.5) is 0 Å². The summed E-state index contributed by atoms with van der Waals surface area (Å²) >= 11 is 0. The zero-order valence-electron chi connectivity index (χ0n) is 11.6. The lowest BCUT2D eigenvalue weighted by atomic mass is 9.83. The van der Waals surface area contributed by atoms with Gasteiger partial charge in [0.25, 0.3) is 0 Å². The van der Waals surface area contributed by atoms with E-state index in [2.05, 4.69) is 38.0 Å². The number of nitrogens with one attached hydrogen (secondary N) is 1. The normalized spacial score (nSPS) is 26.6. The van der Waals surface area contributed by atoms with E-state index in [9.17, 15) is 0 Å². The Balaban J connectivity index is 2.07. The topological polar surface area (TPSA) is 15.3 Å². The van der Waals surface area contributed by atoms with Gasteiger partial charge in [0.15, 0.2) is 0 Å². The number of likely N-dealkylation sites (N-methyl/N-ethyl adjacent to an activating group) is 1. The molecule has 0 aromatic heterocycles. The molecule has 0 aromatic rings. The van der Waals surface area contributed by atoms with Crippen LogP contribution in [0.1, 0.15) is 46.5 Å². The molecular formula is C14H30N2. The van der Waals surface area contributed by atoms with Crippen molar-refractivity contribution in [3.63, 3.8) is 0 Å². The summed E-state index contributed by atoms with van der Waals surface area (Å²) in [7, 11) is 2.26. The van der Waals surface area contributed by atoms with E-state index in [1.54, 1.807) is 0 Å². The molecule has 1 aliphatic carbocycles. The van der Waals surface area contributed by atoms with Crippen LogP contribution in [-0.4, -0.2) is 37.6 Å². The molecule has 0 atom stereocenters. The van der Waals surface area contributed by atoms with Crippen LogP contribution in [0.25, 0.3) is 0 Å². The monoisotopic (exact) mass is 226 g/mol. The standard InChI is InChI=1S/C14H30N2/c1-12(2)15-9-10-16(4)11-14-7-5-13(3)6-8-14/h12-15H,5-11H2,1-4H3. The van der Waals surface area contributed by atoms with Crippen molar-refractivity contribution in [1.82, 2.24) is 10.2 Å². The molecular weight excluding hydrogens is 196 g/mol. The molecule has 0 heterocycles. The molecule has 1 fully saturated rings. The molecule has 0 unspecified atom stereocenters. The molecule has 0 aromatic carbocycles. The Morgan fingerprint density at radius 1 is 1.19 bits per heavy atom. The molecule has 2 heteroatoms. The van der Waals surface area contributed by atoms with E-state index in [4.69, 9.17) is 0 Å². The first-order valence-corrected chi connectivity index (χ1v) is 7.00. The zero-order chi connectivity index (χ0) is 12.0. The minimum absolute atomic E-state index is 0.615. The fourth-order valence-corrected chi connectivity index (χ4v) is 2.59. The van der Waals surface area contributed by atoms with Crippen LogP contribution in [0.5, 0.6) is 0 Å². The first kappa shape index (κ1) is 14.0. The first-order chi connectivity index (χ1) is 7.58. The highest BCUT2D eigenvalue weighted by Gasteiger charge is 2.19. The Bertz CT molecular complexity index is 172. The number of nitrogens with zero attached hydrogens (tertiary/aromatic N) is 1. The summed E-state index contributed by atoms with van der Waals surface area (Å²) < 4.78 is 0. The lowest BCUT2D eigenvalue weighted by molar-refractivity contribution is 0.209. The third kappa shape index (κ3) is 5.86. The van der Waals surface area contributed by atoms with Crippen molar-refractivity contribution in [2.24, 2.45) is 11.8 Å². The van der Waals surface area contributed by atoms with E-state index in [0.717, 1.165) is 18.4 Å². The molecule has 0 radical (unpaired) electrons. The van der Waals surface area contributed by atoms with Crippen molar-refractivity contribution >= 4 is 0 Å². The van der Waals surface area contributed by atoms with E-state index in [1.807, 2.05) is 0 Å². The van der Waals surface area contributed by atoms with Gasteiger partial charge in [-0.1, -0.05) is 33.6 Å². The van der Waals surface area contributed by atoms with Crippen molar-refractivity contribution in [3.8, 4) is 0 Å². The summed E-state index contributed by atoms with van der Waals surface area (Å²) in [6, 6.07) is 0.615. The second-order valence-electron chi connectivity index (χ2n) is 6.00. The van der Waals surface area contributed by atoms with E-state index in [-0.39, 0.29) is 0 Å². The van der Waals surface area contributed by atoms with Gasteiger partial charge >= 0.3 is 0 Å². The number of hydrogen-bond donors (Lipinski definition) is 1. The van der Waals surface area contributed by atoms with Crippen molar-refractivity contribution in [3.05, 3.63) is 0 Å². The second kappa shape index (κ2) is 7.29. The van der Waals surface area contributed by atoms with Gasteiger partial charge in [0.05, 0.1) is 0 Å². The molecule has 0 aliphatic heterocycles. The quantitative estimate of drug-likeness (QED) is 0.749. The molecule has 2 nitrogen and oxygen atoms in total. The molecule has 1 saturated carbocycles. The van der Waals surface area contributed by atoms with Crippen LogP contribution >= 0.6 is 0 Å². The average Bonchev–Trinajstić information content (AvgIpc) is 2.21. The molecule has 96 valence electrons. The maximum atomic E-state index is 3.48. The Hall–Kier alpha value is -0.0800. The Labute approximate surface area is 102 Å². The highest BCUT2D eigenvalue weighted by Crippen LogP contribution is 2.28. The van der Waals surface area contributed by atoms with Gasteiger partial charge in [-0.15, -0.1) is 0 Å². The van der Waals surface area contributed by atoms with Crippen LogP contribution < -0.4 is 5.32 Å². The van der Waals surface area contributed by atoms with Crippen molar-refractivity contribution in [2.75, 3.05) is 26.7 Å². The van der Waals surface area contributed by atoms with Gasteiger partial charge < -0.3 is 10.2 Å². The summed E-state index contributed by atoms with van der Waals surface area (Å²) in [4.78, 5) is 2.50. The molecule has 16 heavy (non-hydrogen) atoms. The smallest absolute Gasteiger partial charge is 0.0104 e. The summed E-state index contributed by atoms with van der Waals surface area (Å²) in [5, 5.41) is 3.48. The summed E-state index contributed by atoms with van der Waals surface area (Å²) in [6.07, 6.45) is 5.79. The van der Waals surface area contributed by atoms with Gasteiger partial charge in [0.2, 0.25) is 0 Å². The molecule has 1 rings (SSSR count). The van der Waals surface area contributed by atoms with Gasteiger partial charge in [-0.05, 0) is 31.7 Å². The maximum absolute atomic E-state index is 3.48. The largest absolute Gasteiger partial charge is 0.313 e. The summed E-state index contributed by atoms with van der Waals surface area (Å²) in [6.45, 7) is 10.4. The molecule has 1 aliphatic rings. The summed E-state index contributed by atoms with van der Waals surface area (Å²) in [5.74, 6) is 1.93. The van der Waals surface area contributed by atoms with Gasteiger partial charge in [-0.25, -0.2) is 0 Å².